The molecule has 3 nitrogen and oxygen atoms in total. The van der Waals surface area contributed by atoms with Crippen LogP contribution in [0.25, 0.3) is 0 Å². The SMILES string of the molecule is CN1CCN(c2ncc(Cl)cc2F)CC1. The number of rotatable bonds is 1. The highest BCUT2D eigenvalue weighted by Crippen LogP contribution is 2.20. The minimum atomic E-state index is -0.341. The summed E-state index contributed by atoms with van der Waals surface area (Å²) in [5.74, 6) is 0.0690. The summed E-state index contributed by atoms with van der Waals surface area (Å²) in [4.78, 5) is 8.19. The number of pyridine rings is 1. The van der Waals surface area contributed by atoms with Crippen molar-refractivity contribution in [1.29, 1.82) is 0 Å². The third-order valence-corrected chi connectivity index (χ3v) is 2.80. The molecule has 5 heteroatoms. The molecule has 82 valence electrons. The van der Waals surface area contributed by atoms with Gasteiger partial charge in [-0.3, -0.25) is 0 Å². The van der Waals surface area contributed by atoms with Gasteiger partial charge in [-0.05, 0) is 13.1 Å². The first-order chi connectivity index (χ1) is 7.16. The zero-order chi connectivity index (χ0) is 10.8. The average molecular weight is 230 g/mol. The van der Waals surface area contributed by atoms with Crippen molar-refractivity contribution in [3.05, 3.63) is 23.1 Å². The molecule has 2 rings (SSSR count). The molecule has 1 aliphatic heterocycles. The van der Waals surface area contributed by atoms with E-state index in [2.05, 4.69) is 16.9 Å². The maximum Gasteiger partial charge on any atom is 0.167 e. The summed E-state index contributed by atoms with van der Waals surface area (Å²) >= 11 is 5.65. The number of hydrogen-bond donors (Lipinski definition) is 0. The third kappa shape index (κ3) is 2.38. The minimum absolute atomic E-state index is 0.338. The number of hydrogen-bond acceptors (Lipinski definition) is 3. The summed E-state index contributed by atoms with van der Waals surface area (Å²) < 4.78 is 13.5. The van der Waals surface area contributed by atoms with Gasteiger partial charge in [0.25, 0.3) is 0 Å². The highest BCUT2D eigenvalue weighted by Gasteiger charge is 2.18. The Labute approximate surface area is 93.5 Å². The molecule has 1 fully saturated rings. The van der Waals surface area contributed by atoms with Gasteiger partial charge in [-0.25, -0.2) is 9.37 Å². The van der Waals surface area contributed by atoms with Crippen molar-refractivity contribution in [3.63, 3.8) is 0 Å². The Hall–Kier alpha value is -0.870. The molecule has 0 unspecified atom stereocenters. The van der Waals surface area contributed by atoms with Crippen LogP contribution in [-0.4, -0.2) is 43.1 Å². The summed E-state index contributed by atoms with van der Waals surface area (Å²) in [5, 5.41) is 0.338. The number of aromatic nitrogens is 1. The maximum absolute atomic E-state index is 13.5. The van der Waals surface area contributed by atoms with Gasteiger partial charge in [0.2, 0.25) is 0 Å². The molecule has 0 spiro atoms. The van der Waals surface area contributed by atoms with Crippen molar-refractivity contribution >= 4 is 17.4 Å². The van der Waals surface area contributed by atoms with E-state index >= 15 is 0 Å². The predicted octanol–water partition coefficient (Wildman–Crippen LogP) is 1.63. The zero-order valence-corrected chi connectivity index (χ0v) is 9.34. The van der Waals surface area contributed by atoms with Crippen molar-refractivity contribution in [2.24, 2.45) is 0 Å². The van der Waals surface area contributed by atoms with E-state index in [0.717, 1.165) is 26.2 Å². The number of likely N-dealkylation sites (N-methyl/N-ethyl adjacent to an activating group) is 1. The number of halogens is 2. The fourth-order valence-corrected chi connectivity index (χ4v) is 1.80. The van der Waals surface area contributed by atoms with Crippen molar-refractivity contribution in [3.8, 4) is 0 Å². The van der Waals surface area contributed by atoms with Crippen LogP contribution in [0.1, 0.15) is 0 Å². The Morgan fingerprint density at radius 3 is 2.60 bits per heavy atom. The lowest BCUT2D eigenvalue weighted by Crippen LogP contribution is -2.45. The highest BCUT2D eigenvalue weighted by molar-refractivity contribution is 6.30. The van der Waals surface area contributed by atoms with Crippen LogP contribution in [0.15, 0.2) is 12.3 Å². The van der Waals surface area contributed by atoms with Gasteiger partial charge in [-0.1, -0.05) is 11.6 Å². The predicted molar refractivity (Wildman–Crippen MR) is 58.9 cm³/mol. The van der Waals surface area contributed by atoms with E-state index in [1.54, 1.807) is 0 Å². The van der Waals surface area contributed by atoms with Gasteiger partial charge in [-0.2, -0.15) is 0 Å². The van der Waals surface area contributed by atoms with Crippen molar-refractivity contribution in [2.75, 3.05) is 38.1 Å². The molecule has 1 aromatic rings. The van der Waals surface area contributed by atoms with E-state index in [1.165, 1.54) is 12.3 Å². The molecule has 1 saturated heterocycles. The van der Waals surface area contributed by atoms with Crippen molar-refractivity contribution < 1.29 is 4.39 Å². The number of piperazine rings is 1. The second-order valence-electron chi connectivity index (χ2n) is 3.75. The van der Waals surface area contributed by atoms with Crippen LogP contribution in [0.4, 0.5) is 10.2 Å². The maximum atomic E-state index is 13.5. The summed E-state index contributed by atoms with van der Waals surface area (Å²) in [7, 11) is 2.06. The molecular formula is C10H13ClFN3. The third-order valence-electron chi connectivity index (χ3n) is 2.59. The van der Waals surface area contributed by atoms with E-state index in [9.17, 15) is 4.39 Å². The first-order valence-electron chi connectivity index (χ1n) is 4.91. The van der Waals surface area contributed by atoms with E-state index in [1.807, 2.05) is 4.90 Å². The van der Waals surface area contributed by atoms with Gasteiger partial charge in [0.15, 0.2) is 11.6 Å². The summed E-state index contributed by atoms with van der Waals surface area (Å²) in [6.07, 6.45) is 1.48. The Balaban J connectivity index is 2.15. The van der Waals surface area contributed by atoms with E-state index in [4.69, 9.17) is 11.6 Å². The highest BCUT2D eigenvalue weighted by atomic mass is 35.5. The zero-order valence-electron chi connectivity index (χ0n) is 8.58. The standard InChI is InChI=1S/C10H13ClFN3/c1-14-2-4-15(5-3-14)10-9(12)6-8(11)7-13-10/h6-7H,2-5H2,1H3. The van der Waals surface area contributed by atoms with E-state index in [-0.39, 0.29) is 5.82 Å². The number of anilines is 1. The normalized spacial score (nSPS) is 18.2. The van der Waals surface area contributed by atoms with Crippen LogP contribution in [0, 0.1) is 5.82 Å². The minimum Gasteiger partial charge on any atom is -0.352 e. The average Bonchev–Trinajstić information content (AvgIpc) is 2.20. The molecule has 0 bridgehead atoms. The largest absolute Gasteiger partial charge is 0.352 e. The Morgan fingerprint density at radius 2 is 2.00 bits per heavy atom. The fraction of sp³-hybridized carbons (Fsp3) is 0.500. The molecule has 0 aliphatic carbocycles. The van der Waals surface area contributed by atoms with Crippen LogP contribution in [0.5, 0.6) is 0 Å². The molecule has 0 radical (unpaired) electrons. The first-order valence-corrected chi connectivity index (χ1v) is 5.29. The van der Waals surface area contributed by atoms with E-state index in [0.29, 0.717) is 10.8 Å². The number of nitrogens with zero attached hydrogens (tertiary/aromatic N) is 3. The Bertz CT molecular complexity index is 351. The van der Waals surface area contributed by atoms with Gasteiger partial charge in [0.1, 0.15) is 0 Å². The second kappa shape index (κ2) is 4.33. The second-order valence-corrected chi connectivity index (χ2v) is 4.19. The lowest BCUT2D eigenvalue weighted by Gasteiger charge is -2.33. The van der Waals surface area contributed by atoms with Gasteiger partial charge < -0.3 is 9.80 Å². The molecule has 0 atom stereocenters. The van der Waals surface area contributed by atoms with Crippen LogP contribution < -0.4 is 4.90 Å². The molecule has 1 aromatic heterocycles. The smallest absolute Gasteiger partial charge is 0.167 e. The lowest BCUT2D eigenvalue weighted by molar-refractivity contribution is 0.310. The molecule has 0 saturated carbocycles. The molecule has 0 amide bonds. The fourth-order valence-electron chi connectivity index (χ4n) is 1.66. The Kier molecular flexibility index (Phi) is 3.07. The summed E-state index contributed by atoms with van der Waals surface area (Å²) in [6.45, 7) is 3.48. The van der Waals surface area contributed by atoms with Gasteiger partial charge >= 0.3 is 0 Å². The van der Waals surface area contributed by atoms with Gasteiger partial charge in [0.05, 0.1) is 5.02 Å². The molecule has 1 aliphatic rings. The van der Waals surface area contributed by atoms with Crippen molar-refractivity contribution in [2.45, 2.75) is 0 Å². The van der Waals surface area contributed by atoms with Crippen LogP contribution in [-0.2, 0) is 0 Å². The summed E-state index contributed by atoms with van der Waals surface area (Å²) in [6, 6.07) is 1.31. The molecule has 0 N–H and O–H groups in total. The Morgan fingerprint density at radius 1 is 1.33 bits per heavy atom. The summed E-state index contributed by atoms with van der Waals surface area (Å²) in [5.41, 5.74) is 0. The topological polar surface area (TPSA) is 19.4 Å². The first kappa shape index (κ1) is 10.6. The van der Waals surface area contributed by atoms with Crippen LogP contribution in [0.2, 0.25) is 5.02 Å². The van der Waals surface area contributed by atoms with Gasteiger partial charge in [0, 0.05) is 32.4 Å². The molecule has 15 heavy (non-hydrogen) atoms. The molecule has 2 heterocycles. The van der Waals surface area contributed by atoms with Gasteiger partial charge in [-0.15, -0.1) is 0 Å². The quantitative estimate of drug-likeness (QED) is 0.730. The monoisotopic (exact) mass is 229 g/mol. The molecular weight excluding hydrogens is 217 g/mol. The molecule has 0 aromatic carbocycles. The van der Waals surface area contributed by atoms with Crippen LogP contribution >= 0.6 is 11.6 Å². The van der Waals surface area contributed by atoms with Crippen molar-refractivity contribution in [1.82, 2.24) is 9.88 Å². The van der Waals surface area contributed by atoms with Crippen LogP contribution in [0.3, 0.4) is 0 Å². The lowest BCUT2D eigenvalue weighted by atomic mass is 10.3. The van der Waals surface area contributed by atoms with E-state index < -0.39 is 0 Å².